The molecule has 0 amide bonds. The summed E-state index contributed by atoms with van der Waals surface area (Å²) in [5.74, 6) is -0.0181. The van der Waals surface area contributed by atoms with Crippen LogP contribution in [-0.2, 0) is 0 Å². The third-order valence-corrected chi connectivity index (χ3v) is 1.31. The van der Waals surface area contributed by atoms with E-state index in [4.69, 9.17) is 11.1 Å². The lowest BCUT2D eigenvalue weighted by Gasteiger charge is -1.98. The van der Waals surface area contributed by atoms with Gasteiger partial charge < -0.3 is 5.73 Å². The molecule has 0 saturated carbocycles. The van der Waals surface area contributed by atoms with Gasteiger partial charge in [0.15, 0.2) is 0 Å². The van der Waals surface area contributed by atoms with E-state index in [0.29, 0.717) is 11.3 Å². The van der Waals surface area contributed by atoms with E-state index in [1.807, 2.05) is 0 Å². The lowest BCUT2D eigenvalue weighted by molar-refractivity contribution is 0.618. The number of amidine groups is 1. The van der Waals surface area contributed by atoms with Crippen LogP contribution in [0.1, 0.15) is 5.56 Å². The molecule has 0 fully saturated rings. The first kappa shape index (κ1) is 7.53. The molecule has 0 aliphatic heterocycles. The molecule has 0 aliphatic rings. The van der Waals surface area contributed by atoms with Crippen LogP contribution in [-0.4, -0.2) is 5.84 Å². The van der Waals surface area contributed by atoms with Crippen LogP contribution in [0.5, 0.6) is 0 Å². The number of nitrogen functional groups attached to an aromatic ring is 1. The van der Waals surface area contributed by atoms with Crippen LogP contribution in [0.25, 0.3) is 0 Å². The Morgan fingerprint density at radius 1 is 1.36 bits per heavy atom. The van der Waals surface area contributed by atoms with Crippen molar-refractivity contribution in [3.63, 3.8) is 0 Å². The molecule has 0 aromatic heterocycles. The van der Waals surface area contributed by atoms with Gasteiger partial charge in [-0.05, 0) is 24.3 Å². The van der Waals surface area contributed by atoms with Gasteiger partial charge in [-0.2, -0.15) is 0 Å². The second-order valence-corrected chi connectivity index (χ2v) is 2.09. The molecular formula is C7H8FN3. The molecule has 11 heavy (non-hydrogen) atoms. The lowest BCUT2D eigenvalue weighted by atomic mass is 10.2. The smallest absolute Gasteiger partial charge is 0.122 e. The van der Waals surface area contributed by atoms with Gasteiger partial charge >= 0.3 is 0 Å². The summed E-state index contributed by atoms with van der Waals surface area (Å²) in [7, 11) is 0. The second-order valence-electron chi connectivity index (χ2n) is 2.09. The summed E-state index contributed by atoms with van der Waals surface area (Å²) in [6.45, 7) is 0. The van der Waals surface area contributed by atoms with E-state index in [9.17, 15) is 4.48 Å². The van der Waals surface area contributed by atoms with Crippen molar-refractivity contribution in [2.75, 3.05) is 5.54 Å². The summed E-state index contributed by atoms with van der Waals surface area (Å²) >= 11 is 0. The van der Waals surface area contributed by atoms with Crippen LogP contribution in [0.4, 0.5) is 10.2 Å². The number of hydrogen-bond acceptors (Lipinski definition) is 2. The molecule has 4 heteroatoms. The number of hydrogen-bond donors (Lipinski definition) is 3. The third-order valence-electron chi connectivity index (χ3n) is 1.31. The van der Waals surface area contributed by atoms with Gasteiger partial charge in [0.25, 0.3) is 0 Å². The first-order valence-electron chi connectivity index (χ1n) is 3.05. The van der Waals surface area contributed by atoms with E-state index in [-0.39, 0.29) is 5.84 Å². The Kier molecular flexibility index (Phi) is 2.06. The molecule has 0 saturated heterocycles. The van der Waals surface area contributed by atoms with Crippen molar-refractivity contribution in [2.45, 2.75) is 0 Å². The fourth-order valence-electron chi connectivity index (χ4n) is 0.713. The number of nitrogens with one attached hydrogen (secondary N) is 2. The zero-order valence-electron chi connectivity index (χ0n) is 5.76. The average molecular weight is 153 g/mol. The molecule has 0 radical (unpaired) electrons. The molecule has 0 atom stereocenters. The van der Waals surface area contributed by atoms with E-state index in [2.05, 4.69) is 0 Å². The monoisotopic (exact) mass is 153 g/mol. The molecule has 0 aliphatic carbocycles. The Morgan fingerprint density at radius 2 is 1.91 bits per heavy atom. The van der Waals surface area contributed by atoms with Gasteiger partial charge in [0, 0.05) is 5.56 Å². The van der Waals surface area contributed by atoms with Crippen LogP contribution in [0, 0.1) is 5.41 Å². The maximum atomic E-state index is 11.7. The first-order valence-corrected chi connectivity index (χ1v) is 3.05. The Labute approximate surface area is 63.5 Å². The number of anilines is 1. The van der Waals surface area contributed by atoms with Gasteiger partial charge in [0.05, 0.1) is 5.69 Å². The molecule has 58 valence electrons. The Bertz CT molecular complexity index is 255. The fraction of sp³-hybridized carbons (Fsp3) is 0. The highest BCUT2D eigenvalue weighted by molar-refractivity contribution is 5.95. The second kappa shape index (κ2) is 3.01. The number of benzene rings is 1. The summed E-state index contributed by atoms with van der Waals surface area (Å²) in [6, 6.07) is 6.17. The van der Waals surface area contributed by atoms with Gasteiger partial charge in [-0.25, -0.2) is 5.54 Å². The van der Waals surface area contributed by atoms with E-state index in [1.165, 1.54) is 17.7 Å². The molecule has 4 N–H and O–H groups in total. The van der Waals surface area contributed by atoms with Crippen molar-refractivity contribution in [2.24, 2.45) is 5.73 Å². The van der Waals surface area contributed by atoms with Crippen LogP contribution >= 0.6 is 0 Å². The Hall–Kier alpha value is -1.58. The van der Waals surface area contributed by atoms with Crippen LogP contribution in [0.3, 0.4) is 0 Å². The highest BCUT2D eigenvalue weighted by atomic mass is 19.2. The molecule has 0 bridgehead atoms. The SMILES string of the molecule is N=C(N)c1ccc(NF)cc1. The zero-order valence-corrected chi connectivity index (χ0v) is 5.76. The fourth-order valence-corrected chi connectivity index (χ4v) is 0.713. The highest BCUT2D eigenvalue weighted by Crippen LogP contribution is 2.08. The van der Waals surface area contributed by atoms with E-state index >= 15 is 0 Å². The van der Waals surface area contributed by atoms with Gasteiger partial charge in [-0.1, -0.05) is 0 Å². The maximum absolute atomic E-state index is 11.7. The topological polar surface area (TPSA) is 61.9 Å². The minimum atomic E-state index is -0.0181. The van der Waals surface area contributed by atoms with Gasteiger partial charge in [0.1, 0.15) is 5.84 Å². The first-order chi connectivity index (χ1) is 5.24. The van der Waals surface area contributed by atoms with Gasteiger partial charge in [-0.3, -0.25) is 5.41 Å². The molecular weight excluding hydrogens is 145 g/mol. The minimum absolute atomic E-state index is 0.0181. The Balaban J connectivity index is 2.91. The number of halogens is 1. The van der Waals surface area contributed by atoms with E-state index in [1.54, 1.807) is 12.1 Å². The molecule has 0 unspecified atom stereocenters. The van der Waals surface area contributed by atoms with Crippen molar-refractivity contribution in [3.8, 4) is 0 Å². The Morgan fingerprint density at radius 3 is 2.27 bits per heavy atom. The number of rotatable bonds is 2. The van der Waals surface area contributed by atoms with Crippen molar-refractivity contribution in [1.82, 2.24) is 0 Å². The van der Waals surface area contributed by atoms with Crippen LogP contribution in [0.15, 0.2) is 24.3 Å². The summed E-state index contributed by atoms with van der Waals surface area (Å²) in [5.41, 5.74) is 7.60. The standard InChI is InChI=1S/C7H8FN3/c8-11-6-3-1-5(2-4-6)7(9)10/h1-4,11H,(H3,9,10). The predicted octanol–water partition coefficient (Wildman–Crippen LogP) is 1.27. The lowest BCUT2D eigenvalue weighted by Crippen LogP contribution is -2.10. The summed E-state index contributed by atoms with van der Waals surface area (Å²) in [4.78, 5) is 0. The van der Waals surface area contributed by atoms with Crippen LogP contribution in [0.2, 0.25) is 0 Å². The largest absolute Gasteiger partial charge is 0.384 e. The van der Waals surface area contributed by atoms with E-state index < -0.39 is 0 Å². The number of nitrogens with two attached hydrogens (primary N) is 1. The van der Waals surface area contributed by atoms with Crippen molar-refractivity contribution < 1.29 is 4.48 Å². The summed E-state index contributed by atoms with van der Waals surface area (Å²) in [5, 5.41) is 7.03. The third kappa shape index (κ3) is 1.67. The minimum Gasteiger partial charge on any atom is -0.384 e. The predicted molar refractivity (Wildman–Crippen MR) is 42.2 cm³/mol. The summed E-state index contributed by atoms with van der Waals surface area (Å²) in [6.07, 6.45) is 0. The molecule has 3 nitrogen and oxygen atoms in total. The van der Waals surface area contributed by atoms with Gasteiger partial charge in [-0.15, -0.1) is 4.48 Å². The maximum Gasteiger partial charge on any atom is 0.122 e. The molecule has 0 heterocycles. The van der Waals surface area contributed by atoms with Gasteiger partial charge in [0.2, 0.25) is 0 Å². The zero-order chi connectivity index (χ0) is 8.27. The molecule has 0 spiro atoms. The average Bonchev–Trinajstić information content (AvgIpc) is 2.05. The van der Waals surface area contributed by atoms with Crippen LogP contribution < -0.4 is 11.3 Å². The van der Waals surface area contributed by atoms with E-state index in [0.717, 1.165) is 0 Å². The summed E-state index contributed by atoms with van der Waals surface area (Å²) < 4.78 is 11.7. The van der Waals surface area contributed by atoms with Crippen molar-refractivity contribution in [1.29, 1.82) is 5.41 Å². The molecule has 1 aromatic rings. The molecule has 1 rings (SSSR count). The van der Waals surface area contributed by atoms with Crippen molar-refractivity contribution in [3.05, 3.63) is 29.8 Å². The van der Waals surface area contributed by atoms with Crippen molar-refractivity contribution >= 4 is 11.5 Å². The highest BCUT2D eigenvalue weighted by Gasteiger charge is 1.94. The molecule has 1 aromatic carbocycles. The quantitative estimate of drug-likeness (QED) is 0.340. The normalized spacial score (nSPS) is 9.18.